The van der Waals surface area contributed by atoms with Crippen LogP contribution in [0.2, 0.25) is 0 Å². The Balaban J connectivity index is 1.57. The van der Waals surface area contributed by atoms with Gasteiger partial charge in [-0.25, -0.2) is 4.39 Å². The molecule has 0 radical (unpaired) electrons. The van der Waals surface area contributed by atoms with Crippen LogP contribution in [0.5, 0.6) is 0 Å². The summed E-state index contributed by atoms with van der Waals surface area (Å²) in [4.78, 5) is 12.2. The highest BCUT2D eigenvalue weighted by molar-refractivity contribution is 9.10. The Morgan fingerprint density at radius 2 is 2.20 bits per heavy atom. The normalized spacial score (nSPS) is 23.6. The summed E-state index contributed by atoms with van der Waals surface area (Å²) in [7, 11) is 0. The van der Waals surface area contributed by atoms with Crippen LogP contribution < -0.4 is 10.6 Å². The highest BCUT2D eigenvalue weighted by Crippen LogP contribution is 2.58. The molecule has 1 aliphatic heterocycles. The van der Waals surface area contributed by atoms with Crippen LogP contribution in [0.4, 0.5) is 4.39 Å². The molecule has 20 heavy (non-hydrogen) atoms. The summed E-state index contributed by atoms with van der Waals surface area (Å²) in [5, 5.41) is 6.28. The number of nitrogens with one attached hydrogen (secondary N) is 2. The molecular formula is C15H18BrFN2O. The predicted octanol–water partition coefficient (Wildman–Crippen LogP) is 2.59. The second-order valence-corrected chi connectivity index (χ2v) is 6.68. The maximum atomic E-state index is 13.2. The SMILES string of the molecule is O=C(NCc1cc(F)ccc1Br)C1CC12CCNCC2. The van der Waals surface area contributed by atoms with Crippen LogP contribution in [-0.2, 0) is 11.3 Å². The first-order valence-corrected chi connectivity index (χ1v) is 7.82. The average molecular weight is 341 g/mol. The van der Waals surface area contributed by atoms with Crippen molar-refractivity contribution < 1.29 is 9.18 Å². The van der Waals surface area contributed by atoms with Crippen molar-refractivity contribution in [3.05, 3.63) is 34.1 Å². The molecule has 1 spiro atoms. The van der Waals surface area contributed by atoms with E-state index in [2.05, 4.69) is 26.6 Å². The number of carbonyl (C=O) groups excluding carboxylic acids is 1. The number of halogens is 2. The number of piperidine rings is 1. The summed E-state index contributed by atoms with van der Waals surface area (Å²) in [6, 6.07) is 4.53. The summed E-state index contributed by atoms with van der Waals surface area (Å²) >= 11 is 3.38. The van der Waals surface area contributed by atoms with Crippen molar-refractivity contribution in [2.75, 3.05) is 13.1 Å². The van der Waals surface area contributed by atoms with E-state index in [1.807, 2.05) is 0 Å². The Morgan fingerprint density at radius 3 is 2.95 bits per heavy atom. The van der Waals surface area contributed by atoms with E-state index in [0.717, 1.165) is 42.4 Å². The third-order valence-corrected chi connectivity index (χ3v) is 5.34. The zero-order valence-corrected chi connectivity index (χ0v) is 12.8. The Hall–Kier alpha value is -0.940. The minimum absolute atomic E-state index is 0.114. The second-order valence-electron chi connectivity index (χ2n) is 5.82. The third-order valence-electron chi connectivity index (χ3n) is 4.57. The summed E-state index contributed by atoms with van der Waals surface area (Å²) in [5.41, 5.74) is 1.02. The van der Waals surface area contributed by atoms with Crippen molar-refractivity contribution >= 4 is 21.8 Å². The molecule has 1 aromatic carbocycles. The minimum atomic E-state index is -0.279. The van der Waals surface area contributed by atoms with Gasteiger partial charge < -0.3 is 10.6 Å². The first-order valence-electron chi connectivity index (χ1n) is 7.03. The fourth-order valence-electron chi connectivity index (χ4n) is 3.18. The molecule has 1 heterocycles. The van der Waals surface area contributed by atoms with Crippen molar-refractivity contribution in [1.82, 2.24) is 10.6 Å². The van der Waals surface area contributed by atoms with Crippen molar-refractivity contribution in [1.29, 1.82) is 0 Å². The molecular weight excluding hydrogens is 323 g/mol. The van der Waals surface area contributed by atoms with Gasteiger partial charge in [0.25, 0.3) is 0 Å². The van der Waals surface area contributed by atoms with E-state index in [1.165, 1.54) is 12.1 Å². The van der Waals surface area contributed by atoms with Crippen LogP contribution in [0.25, 0.3) is 0 Å². The summed E-state index contributed by atoms with van der Waals surface area (Å²) < 4.78 is 14.0. The number of hydrogen-bond acceptors (Lipinski definition) is 2. The van der Waals surface area contributed by atoms with Crippen LogP contribution in [0.1, 0.15) is 24.8 Å². The largest absolute Gasteiger partial charge is 0.352 e. The standard InChI is InChI=1S/C15H18BrFN2O/c16-13-2-1-11(17)7-10(13)9-19-14(20)12-8-15(12)3-5-18-6-4-15/h1-2,7,12,18H,3-6,8-9H2,(H,19,20). The highest BCUT2D eigenvalue weighted by atomic mass is 79.9. The van der Waals surface area contributed by atoms with Gasteiger partial charge in [0.1, 0.15) is 5.82 Å². The van der Waals surface area contributed by atoms with Crippen molar-refractivity contribution in [2.24, 2.45) is 11.3 Å². The van der Waals surface area contributed by atoms with Crippen LogP contribution in [0.3, 0.4) is 0 Å². The number of carbonyl (C=O) groups is 1. The Labute approximate surface area is 126 Å². The Bertz CT molecular complexity index is 529. The van der Waals surface area contributed by atoms with E-state index >= 15 is 0 Å². The average Bonchev–Trinajstić information content (AvgIpc) is 3.14. The van der Waals surface area contributed by atoms with Crippen molar-refractivity contribution in [3.8, 4) is 0 Å². The molecule has 2 N–H and O–H groups in total. The monoisotopic (exact) mass is 340 g/mol. The second kappa shape index (κ2) is 5.45. The number of benzene rings is 1. The topological polar surface area (TPSA) is 41.1 Å². The van der Waals surface area contributed by atoms with Gasteiger partial charge >= 0.3 is 0 Å². The molecule has 1 saturated carbocycles. The Morgan fingerprint density at radius 1 is 1.45 bits per heavy atom. The van der Waals surface area contributed by atoms with Crippen LogP contribution in [0.15, 0.2) is 22.7 Å². The molecule has 2 fully saturated rings. The molecule has 1 aliphatic carbocycles. The molecule has 1 unspecified atom stereocenters. The lowest BCUT2D eigenvalue weighted by Crippen LogP contribution is -2.33. The fraction of sp³-hybridized carbons (Fsp3) is 0.533. The summed E-state index contributed by atoms with van der Waals surface area (Å²) in [6.45, 7) is 2.40. The van der Waals surface area contributed by atoms with E-state index in [0.29, 0.717) is 6.54 Å². The van der Waals surface area contributed by atoms with Crippen molar-refractivity contribution in [3.63, 3.8) is 0 Å². The van der Waals surface area contributed by atoms with Gasteiger partial charge in [0.2, 0.25) is 5.91 Å². The zero-order chi connectivity index (χ0) is 14.2. The Kier molecular flexibility index (Phi) is 3.82. The van der Waals surface area contributed by atoms with Gasteiger partial charge in [-0.15, -0.1) is 0 Å². The maximum Gasteiger partial charge on any atom is 0.223 e. The molecule has 3 nitrogen and oxygen atoms in total. The predicted molar refractivity (Wildman–Crippen MR) is 78.6 cm³/mol. The molecule has 5 heteroatoms. The quantitative estimate of drug-likeness (QED) is 0.887. The van der Waals surface area contributed by atoms with Crippen LogP contribution >= 0.6 is 15.9 Å². The van der Waals surface area contributed by atoms with Crippen LogP contribution in [-0.4, -0.2) is 19.0 Å². The first kappa shape index (κ1) is 14.0. The number of amides is 1. The summed E-state index contributed by atoms with van der Waals surface area (Å²) in [5.74, 6) is -0.0151. The number of hydrogen-bond donors (Lipinski definition) is 2. The van der Waals surface area contributed by atoms with Gasteiger partial charge in [0, 0.05) is 16.9 Å². The molecule has 0 aromatic heterocycles. The number of rotatable bonds is 3. The molecule has 2 aliphatic rings. The van der Waals surface area contributed by atoms with E-state index < -0.39 is 0 Å². The first-order chi connectivity index (χ1) is 9.61. The molecule has 1 saturated heterocycles. The third kappa shape index (κ3) is 2.74. The van der Waals surface area contributed by atoms with E-state index in [-0.39, 0.29) is 23.1 Å². The molecule has 0 bridgehead atoms. The van der Waals surface area contributed by atoms with E-state index in [4.69, 9.17) is 0 Å². The van der Waals surface area contributed by atoms with Crippen LogP contribution in [0, 0.1) is 17.2 Å². The van der Waals surface area contributed by atoms with Gasteiger partial charge in [-0.2, -0.15) is 0 Å². The van der Waals surface area contributed by atoms with Gasteiger partial charge in [0.05, 0.1) is 0 Å². The van der Waals surface area contributed by atoms with Gasteiger partial charge in [-0.05, 0) is 61.5 Å². The van der Waals surface area contributed by atoms with Crippen molar-refractivity contribution in [2.45, 2.75) is 25.8 Å². The maximum absolute atomic E-state index is 13.2. The molecule has 1 aromatic rings. The van der Waals surface area contributed by atoms with Gasteiger partial charge in [-0.3, -0.25) is 4.79 Å². The van der Waals surface area contributed by atoms with Gasteiger partial charge in [-0.1, -0.05) is 15.9 Å². The lowest BCUT2D eigenvalue weighted by molar-refractivity contribution is -0.123. The molecule has 1 amide bonds. The highest BCUT2D eigenvalue weighted by Gasteiger charge is 2.57. The lowest BCUT2D eigenvalue weighted by Gasteiger charge is -2.23. The minimum Gasteiger partial charge on any atom is -0.352 e. The lowest BCUT2D eigenvalue weighted by atomic mass is 9.92. The van der Waals surface area contributed by atoms with E-state index in [1.54, 1.807) is 6.07 Å². The van der Waals surface area contributed by atoms with E-state index in [9.17, 15) is 9.18 Å². The molecule has 1 atom stereocenters. The van der Waals surface area contributed by atoms with Gasteiger partial charge in [0.15, 0.2) is 0 Å². The molecule has 108 valence electrons. The zero-order valence-electron chi connectivity index (χ0n) is 11.2. The smallest absolute Gasteiger partial charge is 0.223 e. The fourth-order valence-corrected chi connectivity index (χ4v) is 3.57. The summed E-state index contributed by atoms with van der Waals surface area (Å²) in [6.07, 6.45) is 3.19. The molecule has 3 rings (SSSR count).